The number of nitrogens with one attached hydrogen (secondary N) is 1. The summed E-state index contributed by atoms with van der Waals surface area (Å²) in [5, 5.41) is 12.2. The van der Waals surface area contributed by atoms with E-state index < -0.39 is 17.8 Å². The maximum Gasteiger partial charge on any atom is 0.307 e. The highest BCUT2D eigenvalue weighted by Gasteiger charge is 2.51. The molecular formula is C15H15BrN2O3. The van der Waals surface area contributed by atoms with Crippen LogP contribution in [-0.2, 0) is 9.59 Å². The van der Waals surface area contributed by atoms with Gasteiger partial charge in [-0.2, -0.15) is 0 Å². The van der Waals surface area contributed by atoms with Crippen molar-refractivity contribution >= 4 is 33.5 Å². The Kier molecular flexibility index (Phi) is 3.57. The molecule has 5 nitrogen and oxygen atoms in total. The lowest BCUT2D eigenvalue weighted by Gasteiger charge is -2.24. The van der Waals surface area contributed by atoms with Gasteiger partial charge in [0, 0.05) is 0 Å². The van der Waals surface area contributed by atoms with Gasteiger partial charge in [0.25, 0.3) is 0 Å². The van der Waals surface area contributed by atoms with E-state index >= 15 is 0 Å². The van der Waals surface area contributed by atoms with Gasteiger partial charge >= 0.3 is 5.97 Å². The molecular weight excluding hydrogens is 336 g/mol. The topological polar surface area (TPSA) is 79.3 Å². The van der Waals surface area contributed by atoms with E-state index in [0.717, 1.165) is 6.42 Å². The van der Waals surface area contributed by atoms with E-state index in [-0.39, 0.29) is 17.7 Å². The third kappa shape index (κ3) is 2.48. The van der Waals surface area contributed by atoms with Crippen molar-refractivity contribution < 1.29 is 14.7 Å². The number of anilines is 1. The minimum atomic E-state index is -0.891. The smallest absolute Gasteiger partial charge is 0.307 e. The van der Waals surface area contributed by atoms with Crippen LogP contribution in [0.1, 0.15) is 12.1 Å². The highest BCUT2D eigenvalue weighted by Crippen LogP contribution is 2.48. The number of carbonyl (C=O) groups is 2. The summed E-state index contributed by atoms with van der Waals surface area (Å²) in [5.74, 6) is -2.24. The Morgan fingerprint density at radius 3 is 2.57 bits per heavy atom. The maximum atomic E-state index is 12.5. The number of aliphatic carboxylic acids is 1. The molecule has 1 saturated carbocycles. The summed E-state index contributed by atoms with van der Waals surface area (Å²) in [7, 11) is 0. The van der Waals surface area contributed by atoms with Gasteiger partial charge in [0.1, 0.15) is 4.60 Å². The average molecular weight is 351 g/mol. The van der Waals surface area contributed by atoms with E-state index in [9.17, 15) is 14.7 Å². The summed E-state index contributed by atoms with van der Waals surface area (Å²) in [6.45, 7) is 1.80. The molecule has 2 unspecified atom stereocenters. The Bertz CT molecular complexity index is 644. The third-order valence-corrected chi connectivity index (χ3v) is 4.80. The molecule has 110 valence electrons. The van der Waals surface area contributed by atoms with Crippen molar-refractivity contribution in [2.24, 2.45) is 23.7 Å². The Hall–Kier alpha value is -1.69. The van der Waals surface area contributed by atoms with Crippen LogP contribution in [0.15, 0.2) is 28.9 Å². The first-order valence-corrected chi connectivity index (χ1v) is 7.62. The third-order valence-electron chi connectivity index (χ3n) is 4.36. The second-order valence-corrected chi connectivity index (χ2v) is 6.41. The zero-order valence-electron chi connectivity index (χ0n) is 11.4. The lowest BCUT2D eigenvalue weighted by atomic mass is 9.82. The first-order valence-electron chi connectivity index (χ1n) is 6.82. The standard InChI is InChI=1S/C15H15BrN2O3/c1-7-10(4-5-11(16)17-7)18-14(19)12-8-2-3-9(6-8)13(12)15(20)21/h2-5,8-9,12-13H,6H2,1H3,(H,18,19)(H,20,21)/t8?,9?,12-,13+/m0/s1. The molecule has 0 radical (unpaired) electrons. The van der Waals surface area contributed by atoms with Crippen molar-refractivity contribution in [3.8, 4) is 0 Å². The Balaban J connectivity index is 1.82. The number of amides is 1. The number of carbonyl (C=O) groups excluding carboxylic acids is 1. The number of halogens is 1. The second-order valence-electron chi connectivity index (χ2n) is 5.59. The number of hydrogen-bond donors (Lipinski definition) is 2. The lowest BCUT2D eigenvalue weighted by molar-refractivity contribution is -0.146. The Morgan fingerprint density at radius 1 is 1.29 bits per heavy atom. The van der Waals surface area contributed by atoms with Gasteiger partial charge in [0.15, 0.2) is 0 Å². The van der Waals surface area contributed by atoms with Gasteiger partial charge in [-0.05, 0) is 53.2 Å². The lowest BCUT2D eigenvalue weighted by Crippen LogP contribution is -2.36. The van der Waals surface area contributed by atoms with E-state index in [2.05, 4.69) is 26.2 Å². The largest absolute Gasteiger partial charge is 0.481 e. The number of nitrogens with zero attached hydrogens (tertiary/aromatic N) is 1. The maximum absolute atomic E-state index is 12.5. The van der Waals surface area contributed by atoms with Crippen molar-refractivity contribution in [1.29, 1.82) is 0 Å². The van der Waals surface area contributed by atoms with Crippen molar-refractivity contribution in [3.05, 3.63) is 34.6 Å². The zero-order valence-corrected chi connectivity index (χ0v) is 13.0. The molecule has 3 rings (SSSR count). The number of fused-ring (bicyclic) bond motifs is 2. The SMILES string of the molecule is Cc1nc(Br)ccc1NC(=O)[C@H]1C2C=CC(C2)[C@H]1C(=O)O. The minimum absolute atomic E-state index is 0.0209. The fourth-order valence-electron chi connectivity index (χ4n) is 3.39. The molecule has 0 aliphatic heterocycles. The monoisotopic (exact) mass is 350 g/mol. The molecule has 21 heavy (non-hydrogen) atoms. The molecule has 2 aliphatic rings. The summed E-state index contributed by atoms with van der Waals surface area (Å²) in [5.41, 5.74) is 1.32. The molecule has 1 aromatic rings. The molecule has 1 heterocycles. The molecule has 0 aromatic carbocycles. The number of aromatic nitrogens is 1. The Labute approximate surface area is 130 Å². The number of carboxylic acid groups (broad SMARTS) is 1. The van der Waals surface area contributed by atoms with E-state index in [1.807, 2.05) is 12.2 Å². The van der Waals surface area contributed by atoms with Crippen LogP contribution >= 0.6 is 15.9 Å². The second kappa shape index (κ2) is 5.26. The van der Waals surface area contributed by atoms with Crippen molar-refractivity contribution in [3.63, 3.8) is 0 Å². The van der Waals surface area contributed by atoms with Crippen molar-refractivity contribution in [2.75, 3.05) is 5.32 Å². The fraction of sp³-hybridized carbons (Fsp3) is 0.400. The number of allylic oxidation sites excluding steroid dienone is 2. The van der Waals surface area contributed by atoms with Crippen molar-refractivity contribution in [2.45, 2.75) is 13.3 Å². The molecule has 1 amide bonds. The number of rotatable bonds is 3. The first kappa shape index (κ1) is 14.3. The number of pyridine rings is 1. The highest BCUT2D eigenvalue weighted by atomic mass is 79.9. The minimum Gasteiger partial charge on any atom is -0.481 e. The van der Waals surface area contributed by atoms with E-state index in [1.165, 1.54) is 0 Å². The molecule has 4 atom stereocenters. The van der Waals surface area contributed by atoms with Crippen LogP contribution in [0.3, 0.4) is 0 Å². The molecule has 2 aliphatic carbocycles. The first-order chi connectivity index (χ1) is 9.97. The predicted octanol–water partition coefficient (Wildman–Crippen LogP) is 2.61. The number of carboxylic acids is 1. The predicted molar refractivity (Wildman–Crippen MR) is 80.7 cm³/mol. The van der Waals surface area contributed by atoms with E-state index in [0.29, 0.717) is 16.0 Å². The summed E-state index contributed by atoms with van der Waals surface area (Å²) in [6.07, 6.45) is 4.66. The van der Waals surface area contributed by atoms with Gasteiger partial charge < -0.3 is 10.4 Å². The number of aryl methyl sites for hydroxylation is 1. The number of hydrogen-bond acceptors (Lipinski definition) is 3. The van der Waals surface area contributed by atoms with Crippen LogP contribution in [-0.4, -0.2) is 22.0 Å². The summed E-state index contributed by atoms with van der Waals surface area (Å²) in [6, 6.07) is 3.52. The van der Waals surface area contributed by atoms with Crippen LogP contribution in [0.5, 0.6) is 0 Å². The van der Waals surface area contributed by atoms with Crippen LogP contribution in [0.2, 0.25) is 0 Å². The summed E-state index contributed by atoms with van der Waals surface area (Å²) in [4.78, 5) is 28.2. The van der Waals surface area contributed by atoms with Crippen LogP contribution in [0, 0.1) is 30.6 Å². The van der Waals surface area contributed by atoms with Crippen molar-refractivity contribution in [1.82, 2.24) is 4.98 Å². The van der Waals surface area contributed by atoms with Gasteiger partial charge in [0.05, 0.1) is 23.2 Å². The average Bonchev–Trinajstić information content (AvgIpc) is 3.02. The molecule has 2 bridgehead atoms. The van der Waals surface area contributed by atoms with Gasteiger partial charge in [0.2, 0.25) is 5.91 Å². The summed E-state index contributed by atoms with van der Waals surface area (Å²) >= 11 is 3.27. The van der Waals surface area contributed by atoms with Gasteiger partial charge in [-0.15, -0.1) is 0 Å². The van der Waals surface area contributed by atoms with E-state index in [4.69, 9.17) is 0 Å². The van der Waals surface area contributed by atoms with Crippen LogP contribution < -0.4 is 5.32 Å². The molecule has 0 spiro atoms. The van der Waals surface area contributed by atoms with Gasteiger partial charge in [-0.1, -0.05) is 12.2 Å². The van der Waals surface area contributed by atoms with Gasteiger partial charge in [-0.25, -0.2) is 4.98 Å². The van der Waals surface area contributed by atoms with E-state index in [1.54, 1.807) is 19.1 Å². The molecule has 1 aromatic heterocycles. The molecule has 1 fully saturated rings. The van der Waals surface area contributed by atoms with Gasteiger partial charge in [-0.3, -0.25) is 9.59 Å². The van der Waals surface area contributed by atoms with Crippen LogP contribution in [0.4, 0.5) is 5.69 Å². The molecule has 0 saturated heterocycles. The quantitative estimate of drug-likeness (QED) is 0.648. The van der Waals surface area contributed by atoms with Crippen LogP contribution in [0.25, 0.3) is 0 Å². The molecule has 6 heteroatoms. The zero-order chi connectivity index (χ0) is 15.1. The molecule has 2 N–H and O–H groups in total. The normalized spacial score (nSPS) is 29.6. The highest BCUT2D eigenvalue weighted by molar-refractivity contribution is 9.10. The summed E-state index contributed by atoms with van der Waals surface area (Å²) < 4.78 is 0.698. The Morgan fingerprint density at radius 2 is 1.95 bits per heavy atom. The fourth-order valence-corrected chi connectivity index (χ4v) is 3.79.